The van der Waals surface area contributed by atoms with Crippen LogP contribution in [0.5, 0.6) is 0 Å². The molecule has 0 saturated carbocycles. The Balaban J connectivity index is 1.43. The molecule has 6 N–H and O–H groups in total. The Morgan fingerprint density at radius 2 is 2.11 bits per heavy atom. The highest BCUT2D eigenvalue weighted by Crippen LogP contribution is 2.42. The Morgan fingerprint density at radius 1 is 1.34 bits per heavy atom. The molecule has 0 aromatic carbocycles. The van der Waals surface area contributed by atoms with Crippen molar-refractivity contribution in [1.29, 1.82) is 0 Å². The second-order valence-corrected chi connectivity index (χ2v) is 12.3. The summed E-state index contributed by atoms with van der Waals surface area (Å²) in [6.45, 7) is 0. The molecule has 0 aliphatic carbocycles. The van der Waals surface area contributed by atoms with Crippen LogP contribution in [0.3, 0.4) is 0 Å². The zero-order chi connectivity index (χ0) is 25.3. The predicted octanol–water partition coefficient (Wildman–Crippen LogP) is 1.72. The van der Waals surface area contributed by atoms with E-state index in [0.717, 1.165) is 15.7 Å². The van der Waals surface area contributed by atoms with Gasteiger partial charge in [-0.25, -0.2) is 9.78 Å². The van der Waals surface area contributed by atoms with Crippen LogP contribution in [0.25, 0.3) is 0 Å². The minimum absolute atomic E-state index is 0.0519. The van der Waals surface area contributed by atoms with Crippen LogP contribution in [0.1, 0.15) is 18.5 Å². The number of β-lactam (4-membered cyclic amide) rings is 1. The van der Waals surface area contributed by atoms with Gasteiger partial charge in [-0.2, -0.15) is 0 Å². The van der Waals surface area contributed by atoms with Crippen LogP contribution >= 0.6 is 57.8 Å². The smallest absolute Gasteiger partial charge is 0.353 e. The largest absolute Gasteiger partial charge is 0.477 e. The quantitative estimate of drug-likeness (QED) is 0.0724. The molecule has 2 atom stereocenters. The lowest BCUT2D eigenvalue weighted by Gasteiger charge is -2.50. The zero-order valence-electron chi connectivity index (χ0n) is 17.7. The number of nitrogens with one attached hydrogen (secondary N) is 2. The lowest BCUT2D eigenvalue weighted by atomic mass is 9.86. The molecule has 4 rings (SSSR count). The minimum Gasteiger partial charge on any atom is -0.477 e. The summed E-state index contributed by atoms with van der Waals surface area (Å²) in [5.74, 6) is -2.68. The third-order valence-corrected chi connectivity index (χ3v) is 9.50. The molecule has 35 heavy (non-hydrogen) atoms. The third kappa shape index (κ3) is 5.04. The molecular formula is C17H17ClN8O5S4. The van der Waals surface area contributed by atoms with Crippen molar-refractivity contribution >= 4 is 91.6 Å². The number of fused-ring (bicyclic) bond motifs is 1. The first-order valence-electron chi connectivity index (χ1n) is 9.76. The number of carboxylic acid groups (broad SMARTS) is 1. The summed E-state index contributed by atoms with van der Waals surface area (Å²) in [7, 11) is 1.74. The van der Waals surface area contributed by atoms with E-state index < -0.39 is 35.6 Å². The maximum absolute atomic E-state index is 12.9. The average molecular weight is 577 g/mol. The Hall–Kier alpha value is -2.60. The van der Waals surface area contributed by atoms with Crippen molar-refractivity contribution in [3.05, 3.63) is 20.6 Å². The molecule has 4 heterocycles. The maximum Gasteiger partial charge on any atom is 0.353 e. The second-order valence-electron chi connectivity index (χ2n) is 7.00. The Labute approximate surface area is 219 Å². The van der Waals surface area contributed by atoms with Crippen LogP contribution in [0.4, 0.5) is 10.3 Å². The molecule has 2 amide bonds. The van der Waals surface area contributed by atoms with Crippen LogP contribution in [0.2, 0.25) is 4.34 Å². The maximum atomic E-state index is 12.9. The van der Waals surface area contributed by atoms with E-state index in [-0.39, 0.29) is 20.9 Å². The minimum atomic E-state index is -1.23. The highest BCUT2D eigenvalue weighted by Gasteiger charge is 2.53. The van der Waals surface area contributed by atoms with Crippen LogP contribution in [0, 0.1) is 0 Å². The average Bonchev–Trinajstić information content (AvgIpc) is 3.42. The summed E-state index contributed by atoms with van der Waals surface area (Å²) in [5, 5.41) is 36.7. The second kappa shape index (κ2) is 10.6. The van der Waals surface area contributed by atoms with E-state index in [9.17, 15) is 24.7 Å². The number of aromatic nitrogens is 3. The van der Waals surface area contributed by atoms with Gasteiger partial charge >= 0.3 is 5.97 Å². The van der Waals surface area contributed by atoms with Gasteiger partial charge < -0.3 is 26.7 Å². The molecule has 2 aromatic heterocycles. The molecule has 0 radical (unpaired) electrons. The van der Waals surface area contributed by atoms with Crippen LogP contribution in [-0.2, 0) is 14.4 Å². The number of hydrogen-bond acceptors (Lipinski definition) is 14. The summed E-state index contributed by atoms with van der Waals surface area (Å²) >= 11 is 11.0. The highest BCUT2D eigenvalue weighted by molar-refractivity contribution is 8.18. The Morgan fingerprint density at radius 3 is 2.71 bits per heavy atom. The van der Waals surface area contributed by atoms with Crippen LogP contribution in [0.15, 0.2) is 20.1 Å². The zero-order valence-corrected chi connectivity index (χ0v) is 21.7. The first-order chi connectivity index (χ1) is 16.7. The number of anilines is 2. The van der Waals surface area contributed by atoms with Gasteiger partial charge in [0.2, 0.25) is 5.13 Å². The fraction of sp³-hybridized carbons (Fsp3) is 0.353. The summed E-state index contributed by atoms with van der Waals surface area (Å²) < 4.78 is 0.787. The molecule has 0 spiro atoms. The van der Waals surface area contributed by atoms with Gasteiger partial charge in [0.1, 0.15) is 21.8 Å². The van der Waals surface area contributed by atoms with Gasteiger partial charge in [0.25, 0.3) is 11.8 Å². The van der Waals surface area contributed by atoms with E-state index >= 15 is 0 Å². The number of carbonyl (C=O) groups excluding carboxylic acids is 2. The molecule has 1 fully saturated rings. The molecule has 0 bridgehead atoms. The molecular weight excluding hydrogens is 560 g/mol. The van der Waals surface area contributed by atoms with Crippen molar-refractivity contribution in [2.75, 3.05) is 23.2 Å². The first kappa shape index (κ1) is 25.5. The molecule has 18 heteroatoms. The van der Waals surface area contributed by atoms with Crippen molar-refractivity contribution in [2.24, 2.45) is 5.16 Å². The molecule has 1 unspecified atom stereocenters. The summed E-state index contributed by atoms with van der Waals surface area (Å²) in [5.41, 5.74) is 4.87. The number of amides is 2. The van der Waals surface area contributed by atoms with Crippen molar-refractivity contribution in [1.82, 2.24) is 25.4 Å². The highest BCUT2D eigenvalue weighted by atomic mass is 35.5. The van der Waals surface area contributed by atoms with Gasteiger partial charge in [-0.05, 0) is 12.8 Å². The number of nitrogens with zero attached hydrogens (tertiary/aromatic N) is 5. The van der Waals surface area contributed by atoms with Gasteiger partial charge in [0.15, 0.2) is 15.2 Å². The van der Waals surface area contributed by atoms with Gasteiger partial charge in [0, 0.05) is 12.0 Å². The van der Waals surface area contributed by atoms with E-state index in [4.69, 9.17) is 17.3 Å². The topological polar surface area (TPSA) is 196 Å². The SMILES string of the molecule is CNc1nnc(SCSC2=C(C(=O)O)N3C(=O)C(NC(=O)/C(=N\O)c4nc(N)sc4Cl)[C@H]3CC2)s1. The number of halogens is 1. The number of carboxylic acids is 1. The molecule has 2 aliphatic rings. The third-order valence-electron chi connectivity index (χ3n) is 5.06. The van der Waals surface area contributed by atoms with Gasteiger partial charge in [-0.15, -0.1) is 22.0 Å². The lowest BCUT2D eigenvalue weighted by molar-refractivity contribution is -0.155. The number of oxime groups is 1. The van der Waals surface area contributed by atoms with Crippen LogP contribution < -0.4 is 16.4 Å². The predicted molar refractivity (Wildman–Crippen MR) is 134 cm³/mol. The molecule has 2 aromatic rings. The van der Waals surface area contributed by atoms with Gasteiger partial charge in [0.05, 0.1) is 11.1 Å². The number of carbonyl (C=O) groups is 3. The Kier molecular flexibility index (Phi) is 7.70. The lowest BCUT2D eigenvalue weighted by Crippen LogP contribution is -2.72. The summed E-state index contributed by atoms with van der Waals surface area (Å²) in [6.07, 6.45) is 0.861. The number of aliphatic carboxylic acids is 1. The number of allylic oxidation sites excluding steroid dienone is 1. The monoisotopic (exact) mass is 576 g/mol. The van der Waals surface area contributed by atoms with E-state index in [1.165, 1.54) is 39.8 Å². The van der Waals surface area contributed by atoms with Crippen molar-refractivity contribution < 1.29 is 24.7 Å². The molecule has 2 aliphatic heterocycles. The first-order valence-corrected chi connectivity index (χ1v) is 13.7. The van der Waals surface area contributed by atoms with E-state index in [0.29, 0.717) is 28.0 Å². The number of nitrogens with two attached hydrogens (primary N) is 1. The van der Waals surface area contributed by atoms with Gasteiger partial charge in [-0.1, -0.05) is 51.2 Å². The molecule has 1 saturated heterocycles. The number of rotatable bonds is 9. The summed E-state index contributed by atoms with van der Waals surface area (Å²) in [6, 6.07) is -1.53. The van der Waals surface area contributed by atoms with Crippen LogP contribution in [-0.4, -0.2) is 78.1 Å². The van der Waals surface area contributed by atoms with Crippen molar-refractivity contribution in [2.45, 2.75) is 29.3 Å². The van der Waals surface area contributed by atoms with Crippen molar-refractivity contribution in [3.63, 3.8) is 0 Å². The standard InChI is InChI=1S/C17H17ClN8O5S4/c1-20-16-23-24-17(35-16)33-4-32-6-3-2-5-7(13(28)26(5)10(6)14(29)30)21-12(27)9(25-31)8-11(18)34-15(19)22-8/h5,7,31H,2-4H2,1H3,(H2,19,22)(H,20,23)(H,21,27)(H,29,30)/b25-9-/t5-,7?/m1/s1. The van der Waals surface area contributed by atoms with E-state index in [2.05, 4.69) is 31.0 Å². The fourth-order valence-electron chi connectivity index (χ4n) is 3.56. The molecule has 13 nitrogen and oxygen atoms in total. The molecule has 186 valence electrons. The number of hydrogen-bond donors (Lipinski definition) is 5. The Bertz CT molecular complexity index is 1250. The number of thiazole rings is 1. The van der Waals surface area contributed by atoms with Gasteiger partial charge in [-0.3, -0.25) is 14.5 Å². The normalized spacial score (nSPS) is 19.9. The number of thioether (sulfide) groups is 2. The van der Waals surface area contributed by atoms with E-state index in [1.807, 2.05) is 0 Å². The van der Waals surface area contributed by atoms with Crippen molar-refractivity contribution in [3.8, 4) is 0 Å². The fourth-order valence-corrected chi connectivity index (χ4v) is 7.72. The summed E-state index contributed by atoms with van der Waals surface area (Å²) in [4.78, 5) is 43.2. The van der Waals surface area contributed by atoms with E-state index in [1.54, 1.807) is 7.05 Å². The number of nitrogen functional groups attached to an aromatic ring is 1.